The fourth-order valence-corrected chi connectivity index (χ4v) is 10.6. The quantitative estimate of drug-likeness (QED) is 0.167. The maximum atomic E-state index is 2.50. The predicted octanol–water partition coefficient (Wildman–Crippen LogP) is 11.8. The van der Waals surface area contributed by atoms with E-state index in [1.807, 2.05) is 0 Å². The van der Waals surface area contributed by atoms with Crippen molar-refractivity contribution in [3.63, 3.8) is 0 Å². The lowest BCUT2D eigenvalue weighted by Gasteiger charge is -2.48. The Kier molecular flexibility index (Phi) is 5.17. The molecule has 0 atom stereocenters. The Balaban J connectivity index is 1.29. The van der Waals surface area contributed by atoms with Gasteiger partial charge in [0.05, 0.1) is 21.9 Å². The van der Waals surface area contributed by atoms with E-state index in [4.69, 9.17) is 0 Å². The van der Waals surface area contributed by atoms with Crippen LogP contribution in [0.5, 0.6) is 0 Å². The molecule has 3 aliphatic rings. The minimum atomic E-state index is -0.511. The number of nitrogens with zero attached hydrogens (tertiary/aromatic N) is 1. The molecule has 9 aromatic rings. The smallest absolute Gasteiger partial charge is 0.0720 e. The molecule has 0 unspecified atom stereocenters. The average Bonchev–Trinajstić information content (AvgIpc) is 3.81. The first-order valence-corrected chi connectivity index (χ1v) is 18.0. The van der Waals surface area contributed by atoms with Gasteiger partial charge in [-0.2, -0.15) is 0 Å². The topological polar surface area (TPSA) is 4.93 Å². The summed E-state index contributed by atoms with van der Waals surface area (Å²) in [5.74, 6) is 0. The third kappa shape index (κ3) is 3.07. The van der Waals surface area contributed by atoms with E-state index in [1.165, 1.54) is 94.3 Å². The van der Waals surface area contributed by atoms with E-state index in [1.54, 1.807) is 0 Å². The fraction of sp³-hybridized carbons (Fsp3) is 0.0400. The highest BCUT2D eigenvalue weighted by Crippen LogP contribution is 2.68. The molecule has 8 aromatic carbocycles. The van der Waals surface area contributed by atoms with Crippen molar-refractivity contribution in [1.29, 1.82) is 0 Å². The molecule has 51 heavy (non-hydrogen) atoms. The number of rotatable bonds is 1. The molecule has 1 nitrogen and oxygen atoms in total. The molecule has 1 aromatic heterocycles. The zero-order valence-corrected chi connectivity index (χ0v) is 27.8. The first-order valence-electron chi connectivity index (χ1n) is 18.0. The van der Waals surface area contributed by atoms with E-state index in [2.05, 4.69) is 193 Å². The lowest BCUT2D eigenvalue weighted by molar-refractivity contribution is 0.633. The van der Waals surface area contributed by atoms with Crippen LogP contribution in [0.4, 0.5) is 0 Å². The van der Waals surface area contributed by atoms with Gasteiger partial charge in [-0.25, -0.2) is 0 Å². The van der Waals surface area contributed by atoms with Crippen LogP contribution in [-0.2, 0) is 10.8 Å². The number of para-hydroxylation sites is 2. The summed E-state index contributed by atoms with van der Waals surface area (Å²) in [4.78, 5) is 0. The maximum absolute atomic E-state index is 2.50. The van der Waals surface area contributed by atoms with Gasteiger partial charge in [0.25, 0.3) is 0 Å². The first kappa shape index (κ1) is 27.4. The molecular formula is C50H31N. The van der Waals surface area contributed by atoms with E-state index in [0.717, 1.165) is 0 Å². The van der Waals surface area contributed by atoms with Gasteiger partial charge in [0.2, 0.25) is 0 Å². The highest BCUT2D eigenvalue weighted by Gasteiger charge is 2.59. The monoisotopic (exact) mass is 645 g/mol. The second-order valence-electron chi connectivity index (χ2n) is 14.3. The maximum Gasteiger partial charge on any atom is 0.0720 e. The van der Waals surface area contributed by atoms with Crippen molar-refractivity contribution in [2.24, 2.45) is 0 Å². The second-order valence-corrected chi connectivity index (χ2v) is 14.3. The second kappa shape index (κ2) is 9.62. The summed E-state index contributed by atoms with van der Waals surface area (Å²) >= 11 is 0. The predicted molar refractivity (Wildman–Crippen MR) is 209 cm³/mol. The van der Waals surface area contributed by atoms with Crippen LogP contribution >= 0.6 is 0 Å². The molecule has 0 amide bonds. The molecule has 2 spiro atoms. The lowest BCUT2D eigenvalue weighted by Crippen LogP contribution is -2.43. The van der Waals surface area contributed by atoms with Gasteiger partial charge < -0.3 is 4.57 Å². The van der Waals surface area contributed by atoms with Crippen molar-refractivity contribution < 1.29 is 0 Å². The standard InChI is InChI=1S/C50H31N/c1-2-16-32(17-3-1)51-46-29-15-7-20-35(46)36-30-31-45-47(48(36)51)37-21-6-10-24-40(37)50(45)43-27-13-11-25-41(43)49(42-26-12-14-28-44(42)50)38-22-8-4-18-33(38)34-19-5-9-23-39(34)49/h1-31H. The Bertz CT molecular complexity index is 2830. The molecule has 0 fully saturated rings. The zero-order chi connectivity index (χ0) is 33.3. The van der Waals surface area contributed by atoms with E-state index in [0.29, 0.717) is 0 Å². The molecule has 0 N–H and O–H groups in total. The average molecular weight is 646 g/mol. The Labute approximate surface area is 296 Å². The van der Waals surface area contributed by atoms with Crippen molar-refractivity contribution in [1.82, 2.24) is 4.57 Å². The Morgan fingerprint density at radius 3 is 1.31 bits per heavy atom. The molecule has 236 valence electrons. The van der Waals surface area contributed by atoms with Gasteiger partial charge in [-0.15, -0.1) is 0 Å². The number of hydrogen-bond acceptors (Lipinski definition) is 0. The van der Waals surface area contributed by atoms with Crippen LogP contribution in [0.1, 0.15) is 44.5 Å². The van der Waals surface area contributed by atoms with Crippen LogP contribution in [0.2, 0.25) is 0 Å². The van der Waals surface area contributed by atoms with Crippen LogP contribution in [0.15, 0.2) is 188 Å². The zero-order valence-electron chi connectivity index (χ0n) is 27.8. The summed E-state index contributed by atoms with van der Waals surface area (Å²) in [5.41, 5.74) is 18.9. The minimum Gasteiger partial charge on any atom is -0.309 e. The van der Waals surface area contributed by atoms with Crippen LogP contribution in [-0.4, -0.2) is 4.57 Å². The SMILES string of the molecule is c1ccc(-n2c3ccccc3c3ccc4c(c32)-c2ccccc2C42c3ccccc3C3(c4ccccc4-c4ccccc43)c3ccccc32)cc1. The van der Waals surface area contributed by atoms with E-state index in [9.17, 15) is 0 Å². The summed E-state index contributed by atoms with van der Waals surface area (Å²) < 4.78 is 2.50. The highest BCUT2D eigenvalue weighted by molar-refractivity contribution is 6.16. The molecule has 1 heteroatoms. The molecule has 1 heterocycles. The number of fused-ring (bicyclic) bond motifs is 20. The number of benzene rings is 8. The summed E-state index contributed by atoms with van der Waals surface area (Å²) in [5, 5.41) is 2.56. The van der Waals surface area contributed by atoms with E-state index >= 15 is 0 Å². The van der Waals surface area contributed by atoms with Gasteiger partial charge in [-0.1, -0.05) is 170 Å². The normalized spacial score (nSPS) is 15.0. The fourth-order valence-electron chi connectivity index (χ4n) is 10.6. The van der Waals surface area contributed by atoms with Gasteiger partial charge in [0, 0.05) is 22.0 Å². The van der Waals surface area contributed by atoms with Crippen LogP contribution in [0.25, 0.3) is 49.7 Å². The van der Waals surface area contributed by atoms with Crippen molar-refractivity contribution >= 4 is 21.8 Å². The third-order valence-corrected chi connectivity index (χ3v) is 12.3. The van der Waals surface area contributed by atoms with Crippen LogP contribution in [0, 0.1) is 0 Å². The third-order valence-electron chi connectivity index (χ3n) is 12.3. The number of aromatic nitrogens is 1. The van der Waals surface area contributed by atoms with Crippen molar-refractivity contribution in [3.05, 3.63) is 233 Å². The van der Waals surface area contributed by atoms with Gasteiger partial charge in [-0.05, 0) is 79.4 Å². The molecule has 3 aliphatic carbocycles. The molecule has 0 radical (unpaired) electrons. The molecule has 0 saturated carbocycles. The minimum absolute atomic E-state index is 0.438. The van der Waals surface area contributed by atoms with Crippen LogP contribution in [0.3, 0.4) is 0 Å². The number of hydrogen-bond donors (Lipinski definition) is 0. The molecule has 0 bridgehead atoms. The summed E-state index contributed by atoms with van der Waals surface area (Å²) in [6.07, 6.45) is 0. The van der Waals surface area contributed by atoms with Gasteiger partial charge in [-0.3, -0.25) is 0 Å². The molecule has 12 rings (SSSR count). The molecular weight excluding hydrogens is 615 g/mol. The lowest BCUT2D eigenvalue weighted by atomic mass is 9.52. The Hall–Kier alpha value is -6.44. The van der Waals surface area contributed by atoms with Crippen molar-refractivity contribution in [2.75, 3.05) is 0 Å². The van der Waals surface area contributed by atoms with Crippen LogP contribution < -0.4 is 0 Å². The first-order chi connectivity index (χ1) is 25.3. The summed E-state index contributed by atoms with van der Waals surface area (Å²) in [7, 11) is 0. The summed E-state index contributed by atoms with van der Waals surface area (Å²) in [6, 6.07) is 70.8. The van der Waals surface area contributed by atoms with Crippen molar-refractivity contribution in [3.8, 4) is 27.9 Å². The Morgan fingerprint density at radius 2 is 0.725 bits per heavy atom. The van der Waals surface area contributed by atoms with E-state index < -0.39 is 10.8 Å². The van der Waals surface area contributed by atoms with Gasteiger partial charge >= 0.3 is 0 Å². The van der Waals surface area contributed by atoms with Gasteiger partial charge in [0.1, 0.15) is 0 Å². The van der Waals surface area contributed by atoms with E-state index in [-0.39, 0.29) is 0 Å². The molecule has 0 saturated heterocycles. The summed E-state index contributed by atoms with van der Waals surface area (Å²) in [6.45, 7) is 0. The van der Waals surface area contributed by atoms with Crippen molar-refractivity contribution in [2.45, 2.75) is 10.8 Å². The van der Waals surface area contributed by atoms with Gasteiger partial charge in [0.15, 0.2) is 0 Å². The Morgan fingerprint density at radius 1 is 0.294 bits per heavy atom. The molecule has 0 aliphatic heterocycles. The largest absolute Gasteiger partial charge is 0.309 e. The highest BCUT2D eigenvalue weighted by atomic mass is 15.0.